The van der Waals surface area contributed by atoms with Crippen molar-refractivity contribution in [3.8, 4) is 0 Å². The smallest absolute Gasteiger partial charge is 0.312 e. The average Bonchev–Trinajstić information content (AvgIpc) is 2.27. The predicted molar refractivity (Wildman–Crippen MR) is 65.4 cm³/mol. The van der Waals surface area contributed by atoms with Gasteiger partial charge in [-0.25, -0.2) is 0 Å². The van der Waals surface area contributed by atoms with Gasteiger partial charge in [-0.05, 0) is 30.4 Å². The summed E-state index contributed by atoms with van der Waals surface area (Å²) in [6.45, 7) is 6.25. The Morgan fingerprint density at radius 2 is 1.88 bits per heavy atom. The van der Waals surface area contributed by atoms with Gasteiger partial charge in [0.1, 0.15) is 0 Å². The molecule has 0 saturated carbocycles. The van der Waals surface area contributed by atoms with Crippen LogP contribution in [0.15, 0.2) is 24.3 Å². The van der Waals surface area contributed by atoms with E-state index in [1.165, 1.54) is 12.7 Å². The summed E-state index contributed by atoms with van der Waals surface area (Å²) in [5.41, 5.74) is 2.33. The Balaban J connectivity index is 2.98. The molecule has 0 aliphatic heterocycles. The molecule has 0 aliphatic carbocycles. The van der Waals surface area contributed by atoms with Gasteiger partial charge in [-0.1, -0.05) is 38.1 Å². The van der Waals surface area contributed by atoms with E-state index in [1.54, 1.807) is 0 Å². The lowest BCUT2D eigenvalue weighted by Gasteiger charge is -2.15. The second-order valence-corrected chi connectivity index (χ2v) is 4.54. The first kappa shape index (κ1) is 12.8. The number of rotatable bonds is 4. The molecule has 1 aromatic rings. The fourth-order valence-electron chi connectivity index (χ4n) is 1.89. The van der Waals surface area contributed by atoms with Crippen LogP contribution in [-0.2, 0) is 16.0 Å². The molecular formula is C14H20O2. The quantitative estimate of drug-likeness (QED) is 0.728. The van der Waals surface area contributed by atoms with Gasteiger partial charge in [-0.3, -0.25) is 4.79 Å². The molecule has 1 unspecified atom stereocenters. The van der Waals surface area contributed by atoms with E-state index in [2.05, 4.69) is 19.9 Å². The van der Waals surface area contributed by atoms with Gasteiger partial charge >= 0.3 is 5.97 Å². The Hall–Kier alpha value is -1.31. The number of benzene rings is 1. The fourth-order valence-corrected chi connectivity index (χ4v) is 1.89. The Morgan fingerprint density at radius 1 is 1.25 bits per heavy atom. The molecule has 0 saturated heterocycles. The van der Waals surface area contributed by atoms with Crippen molar-refractivity contribution >= 4 is 5.97 Å². The molecule has 0 heterocycles. The molecule has 0 fully saturated rings. The summed E-state index contributed by atoms with van der Waals surface area (Å²) in [6.07, 6.45) is 0.998. The van der Waals surface area contributed by atoms with Crippen LogP contribution in [0.4, 0.5) is 0 Å². The van der Waals surface area contributed by atoms with Crippen LogP contribution in [0.5, 0.6) is 0 Å². The van der Waals surface area contributed by atoms with E-state index >= 15 is 0 Å². The number of methoxy groups -OCH3 is 1. The maximum Gasteiger partial charge on any atom is 0.312 e. The van der Waals surface area contributed by atoms with Crippen LogP contribution >= 0.6 is 0 Å². The van der Waals surface area contributed by atoms with Crippen LogP contribution in [-0.4, -0.2) is 13.1 Å². The number of hydrogen-bond donors (Lipinski definition) is 0. The monoisotopic (exact) mass is 220 g/mol. The van der Waals surface area contributed by atoms with E-state index in [0.717, 1.165) is 12.0 Å². The summed E-state index contributed by atoms with van der Waals surface area (Å²) < 4.78 is 4.79. The van der Waals surface area contributed by atoms with Gasteiger partial charge < -0.3 is 4.74 Å². The van der Waals surface area contributed by atoms with Crippen molar-refractivity contribution in [3.05, 3.63) is 35.4 Å². The molecule has 0 N–H and O–H groups in total. The predicted octanol–water partition coefficient (Wildman–Crippen LogP) is 3.16. The zero-order chi connectivity index (χ0) is 12.1. The Labute approximate surface area is 97.6 Å². The van der Waals surface area contributed by atoms with Crippen molar-refractivity contribution in [2.45, 2.75) is 33.1 Å². The number of hydrogen-bond acceptors (Lipinski definition) is 2. The molecule has 0 bridgehead atoms. The third-order valence-electron chi connectivity index (χ3n) is 2.70. The SMILES string of the molecule is COC(=O)C(C)c1ccccc1CC(C)C. The lowest BCUT2D eigenvalue weighted by atomic mass is 9.91. The molecule has 2 nitrogen and oxygen atoms in total. The summed E-state index contributed by atoms with van der Waals surface area (Å²) >= 11 is 0. The maximum absolute atomic E-state index is 11.5. The Bertz CT molecular complexity index is 356. The lowest BCUT2D eigenvalue weighted by Crippen LogP contribution is -2.13. The molecule has 1 aromatic carbocycles. The van der Waals surface area contributed by atoms with Gasteiger partial charge in [0.15, 0.2) is 0 Å². The molecular weight excluding hydrogens is 200 g/mol. The largest absolute Gasteiger partial charge is 0.469 e. The van der Waals surface area contributed by atoms with Crippen molar-refractivity contribution in [2.75, 3.05) is 7.11 Å². The second kappa shape index (κ2) is 5.69. The van der Waals surface area contributed by atoms with Gasteiger partial charge in [0.2, 0.25) is 0 Å². The van der Waals surface area contributed by atoms with Crippen LogP contribution in [0, 0.1) is 5.92 Å². The number of esters is 1. The average molecular weight is 220 g/mol. The van der Waals surface area contributed by atoms with E-state index in [4.69, 9.17) is 4.74 Å². The first-order valence-electron chi connectivity index (χ1n) is 5.72. The van der Waals surface area contributed by atoms with Crippen molar-refractivity contribution in [1.82, 2.24) is 0 Å². The first-order valence-corrected chi connectivity index (χ1v) is 5.72. The molecule has 0 spiro atoms. The van der Waals surface area contributed by atoms with E-state index in [-0.39, 0.29) is 11.9 Å². The molecule has 0 amide bonds. The van der Waals surface area contributed by atoms with Gasteiger partial charge in [0, 0.05) is 0 Å². The van der Waals surface area contributed by atoms with Crippen molar-refractivity contribution in [3.63, 3.8) is 0 Å². The van der Waals surface area contributed by atoms with Crippen molar-refractivity contribution in [2.24, 2.45) is 5.92 Å². The van der Waals surface area contributed by atoms with Gasteiger partial charge in [0.25, 0.3) is 0 Å². The van der Waals surface area contributed by atoms with Gasteiger partial charge in [-0.15, -0.1) is 0 Å². The summed E-state index contributed by atoms with van der Waals surface area (Å²) in [6, 6.07) is 8.10. The summed E-state index contributed by atoms with van der Waals surface area (Å²) in [7, 11) is 1.43. The van der Waals surface area contributed by atoms with E-state index in [0.29, 0.717) is 5.92 Å². The summed E-state index contributed by atoms with van der Waals surface area (Å²) in [5, 5.41) is 0. The highest BCUT2D eigenvalue weighted by molar-refractivity contribution is 5.78. The zero-order valence-electron chi connectivity index (χ0n) is 10.5. The zero-order valence-corrected chi connectivity index (χ0v) is 10.5. The van der Waals surface area contributed by atoms with Crippen LogP contribution in [0.2, 0.25) is 0 Å². The highest BCUT2D eigenvalue weighted by atomic mass is 16.5. The van der Waals surface area contributed by atoms with E-state index in [9.17, 15) is 4.79 Å². The third-order valence-corrected chi connectivity index (χ3v) is 2.70. The van der Waals surface area contributed by atoms with Crippen molar-refractivity contribution in [1.29, 1.82) is 0 Å². The van der Waals surface area contributed by atoms with Gasteiger partial charge in [-0.2, -0.15) is 0 Å². The van der Waals surface area contributed by atoms with Crippen LogP contribution in [0.3, 0.4) is 0 Å². The number of carbonyl (C=O) groups excluding carboxylic acids is 1. The van der Waals surface area contributed by atoms with Crippen LogP contribution in [0.25, 0.3) is 0 Å². The molecule has 2 heteroatoms. The Morgan fingerprint density at radius 3 is 2.44 bits per heavy atom. The summed E-state index contributed by atoms with van der Waals surface area (Å²) in [4.78, 5) is 11.5. The molecule has 88 valence electrons. The number of carbonyl (C=O) groups is 1. The molecule has 0 aromatic heterocycles. The molecule has 0 aliphatic rings. The lowest BCUT2D eigenvalue weighted by molar-refractivity contribution is -0.142. The van der Waals surface area contributed by atoms with Crippen molar-refractivity contribution < 1.29 is 9.53 Å². The minimum absolute atomic E-state index is 0.170. The standard InChI is InChI=1S/C14H20O2/c1-10(2)9-12-7-5-6-8-13(12)11(3)14(15)16-4/h5-8,10-11H,9H2,1-4H3. The molecule has 1 atom stereocenters. The molecule has 16 heavy (non-hydrogen) atoms. The van der Waals surface area contributed by atoms with Crippen LogP contribution < -0.4 is 0 Å². The molecule has 0 radical (unpaired) electrons. The first-order chi connectivity index (χ1) is 7.56. The minimum Gasteiger partial charge on any atom is -0.469 e. The maximum atomic E-state index is 11.5. The third kappa shape index (κ3) is 3.09. The fraction of sp³-hybridized carbons (Fsp3) is 0.500. The number of ether oxygens (including phenoxy) is 1. The van der Waals surface area contributed by atoms with E-state index < -0.39 is 0 Å². The molecule has 1 rings (SSSR count). The highest BCUT2D eigenvalue weighted by Crippen LogP contribution is 2.23. The minimum atomic E-state index is -0.181. The second-order valence-electron chi connectivity index (χ2n) is 4.54. The van der Waals surface area contributed by atoms with E-state index in [1.807, 2.05) is 25.1 Å². The topological polar surface area (TPSA) is 26.3 Å². The normalized spacial score (nSPS) is 12.6. The Kier molecular flexibility index (Phi) is 4.53. The van der Waals surface area contributed by atoms with Gasteiger partial charge in [0.05, 0.1) is 13.0 Å². The summed E-state index contributed by atoms with van der Waals surface area (Å²) in [5.74, 6) is 0.238. The highest BCUT2D eigenvalue weighted by Gasteiger charge is 2.18. The van der Waals surface area contributed by atoms with Crippen LogP contribution in [0.1, 0.15) is 37.8 Å².